The lowest BCUT2D eigenvalue weighted by Crippen LogP contribution is -2.16. The first-order valence-electron chi connectivity index (χ1n) is 8.01. The summed E-state index contributed by atoms with van der Waals surface area (Å²) < 4.78 is 7.94. The molecule has 0 unspecified atom stereocenters. The van der Waals surface area contributed by atoms with Gasteiger partial charge in [-0.25, -0.2) is 4.68 Å². The summed E-state index contributed by atoms with van der Waals surface area (Å²) in [6.45, 7) is 4.34. The highest BCUT2D eigenvalue weighted by molar-refractivity contribution is 9.10. The molecule has 0 aliphatic rings. The predicted octanol–water partition coefficient (Wildman–Crippen LogP) is 3.87. The van der Waals surface area contributed by atoms with Crippen molar-refractivity contribution in [1.29, 1.82) is 0 Å². The van der Waals surface area contributed by atoms with Crippen LogP contribution in [0.2, 0.25) is 0 Å². The van der Waals surface area contributed by atoms with Gasteiger partial charge in [-0.3, -0.25) is 4.79 Å². The summed E-state index contributed by atoms with van der Waals surface area (Å²) in [5.41, 5.74) is 2.95. The number of halogens is 1. The van der Waals surface area contributed by atoms with Crippen molar-refractivity contribution in [2.75, 3.05) is 5.32 Å². The average Bonchev–Trinajstić information content (AvgIpc) is 3.15. The van der Waals surface area contributed by atoms with E-state index in [1.807, 2.05) is 38.1 Å². The first kappa shape index (κ1) is 17.4. The standard InChI is InChI=1S/C18H19BrN4O2/c1-12-16(13(2)25-22-12)7-8-18(24)21-17-9-10-20-23(17)11-14-3-5-15(19)6-4-14/h3-6,9-10H,7-8,11H2,1-2H3,(H,21,24). The van der Waals surface area contributed by atoms with Gasteiger partial charge in [0.2, 0.25) is 5.91 Å². The summed E-state index contributed by atoms with van der Waals surface area (Å²) in [5, 5.41) is 11.1. The smallest absolute Gasteiger partial charge is 0.225 e. The highest BCUT2D eigenvalue weighted by atomic mass is 79.9. The molecule has 3 rings (SSSR count). The third-order valence-corrected chi connectivity index (χ3v) is 4.54. The summed E-state index contributed by atoms with van der Waals surface area (Å²) in [6.07, 6.45) is 2.66. The molecule has 1 aromatic carbocycles. The second kappa shape index (κ2) is 7.65. The Morgan fingerprint density at radius 1 is 1.24 bits per heavy atom. The Labute approximate surface area is 154 Å². The van der Waals surface area contributed by atoms with Crippen molar-refractivity contribution in [1.82, 2.24) is 14.9 Å². The number of carbonyl (C=O) groups is 1. The Bertz CT molecular complexity index is 848. The summed E-state index contributed by atoms with van der Waals surface area (Å²) in [6, 6.07) is 9.82. The Morgan fingerprint density at radius 2 is 2.00 bits per heavy atom. The van der Waals surface area contributed by atoms with Crippen LogP contribution in [0.15, 0.2) is 45.5 Å². The number of nitrogens with zero attached hydrogens (tertiary/aromatic N) is 3. The molecule has 6 nitrogen and oxygen atoms in total. The van der Waals surface area contributed by atoms with Crippen LogP contribution in [0.25, 0.3) is 0 Å². The zero-order valence-electron chi connectivity index (χ0n) is 14.1. The molecule has 1 N–H and O–H groups in total. The highest BCUT2D eigenvalue weighted by Gasteiger charge is 2.12. The van der Waals surface area contributed by atoms with Crippen molar-refractivity contribution >= 4 is 27.7 Å². The van der Waals surface area contributed by atoms with Gasteiger partial charge in [-0.2, -0.15) is 5.10 Å². The van der Waals surface area contributed by atoms with Gasteiger partial charge in [0.1, 0.15) is 11.6 Å². The van der Waals surface area contributed by atoms with Crippen LogP contribution < -0.4 is 5.32 Å². The SMILES string of the molecule is Cc1noc(C)c1CCC(=O)Nc1ccnn1Cc1ccc(Br)cc1. The second-order valence-corrected chi connectivity index (χ2v) is 6.77. The summed E-state index contributed by atoms with van der Waals surface area (Å²) in [5.74, 6) is 1.40. The number of amides is 1. The van der Waals surface area contributed by atoms with Gasteiger partial charge < -0.3 is 9.84 Å². The van der Waals surface area contributed by atoms with Gasteiger partial charge in [0, 0.05) is 22.5 Å². The molecule has 0 bridgehead atoms. The number of rotatable bonds is 6. The number of aromatic nitrogens is 3. The van der Waals surface area contributed by atoms with Crippen LogP contribution in [-0.4, -0.2) is 20.8 Å². The molecule has 0 saturated carbocycles. The molecule has 0 radical (unpaired) electrons. The van der Waals surface area contributed by atoms with E-state index in [-0.39, 0.29) is 5.91 Å². The first-order valence-corrected chi connectivity index (χ1v) is 8.80. The van der Waals surface area contributed by atoms with Crippen molar-refractivity contribution in [3.05, 3.63) is 63.6 Å². The van der Waals surface area contributed by atoms with E-state index < -0.39 is 0 Å². The molecule has 7 heteroatoms. The Morgan fingerprint density at radius 3 is 2.68 bits per heavy atom. The van der Waals surface area contributed by atoms with Gasteiger partial charge in [0.25, 0.3) is 0 Å². The normalized spacial score (nSPS) is 10.8. The lowest BCUT2D eigenvalue weighted by atomic mass is 10.1. The van der Waals surface area contributed by atoms with E-state index in [0.29, 0.717) is 25.2 Å². The van der Waals surface area contributed by atoms with Crippen LogP contribution >= 0.6 is 15.9 Å². The summed E-state index contributed by atoms with van der Waals surface area (Å²) in [7, 11) is 0. The fourth-order valence-corrected chi connectivity index (χ4v) is 2.89. The topological polar surface area (TPSA) is 73.0 Å². The molecule has 2 aromatic heterocycles. The molecule has 1 amide bonds. The van der Waals surface area contributed by atoms with E-state index in [1.54, 1.807) is 16.9 Å². The molecular formula is C18H19BrN4O2. The van der Waals surface area contributed by atoms with E-state index in [0.717, 1.165) is 27.1 Å². The number of anilines is 1. The fraction of sp³-hybridized carbons (Fsp3) is 0.278. The molecule has 2 heterocycles. The molecule has 0 fully saturated rings. The molecule has 0 atom stereocenters. The number of nitrogens with one attached hydrogen (secondary N) is 1. The zero-order valence-corrected chi connectivity index (χ0v) is 15.7. The molecule has 0 saturated heterocycles. The highest BCUT2D eigenvalue weighted by Crippen LogP contribution is 2.16. The number of aryl methyl sites for hydroxylation is 2. The number of hydrogen-bond acceptors (Lipinski definition) is 4. The van der Waals surface area contributed by atoms with E-state index in [4.69, 9.17) is 4.52 Å². The number of benzene rings is 1. The van der Waals surface area contributed by atoms with Crippen LogP contribution in [0.1, 0.15) is 29.0 Å². The Balaban J connectivity index is 1.60. The third-order valence-electron chi connectivity index (χ3n) is 4.01. The summed E-state index contributed by atoms with van der Waals surface area (Å²) >= 11 is 3.42. The minimum atomic E-state index is -0.0578. The van der Waals surface area contributed by atoms with Crippen molar-refractivity contribution in [3.8, 4) is 0 Å². The van der Waals surface area contributed by atoms with Crippen molar-refractivity contribution in [2.45, 2.75) is 33.2 Å². The third kappa shape index (κ3) is 4.36. The summed E-state index contributed by atoms with van der Waals surface area (Å²) in [4.78, 5) is 12.3. The van der Waals surface area contributed by atoms with E-state index in [2.05, 4.69) is 31.5 Å². The Kier molecular flexibility index (Phi) is 5.33. The van der Waals surface area contributed by atoms with Crippen LogP contribution in [0.3, 0.4) is 0 Å². The van der Waals surface area contributed by atoms with Gasteiger partial charge in [-0.1, -0.05) is 33.2 Å². The molecule has 3 aromatic rings. The minimum Gasteiger partial charge on any atom is -0.361 e. The molecule has 0 spiro atoms. The van der Waals surface area contributed by atoms with Crippen LogP contribution in [0, 0.1) is 13.8 Å². The first-order chi connectivity index (χ1) is 12.0. The molecule has 130 valence electrons. The van der Waals surface area contributed by atoms with E-state index in [1.165, 1.54) is 0 Å². The van der Waals surface area contributed by atoms with Gasteiger partial charge in [-0.05, 0) is 38.0 Å². The van der Waals surface area contributed by atoms with Crippen molar-refractivity contribution in [2.24, 2.45) is 0 Å². The van der Waals surface area contributed by atoms with Gasteiger partial charge >= 0.3 is 0 Å². The molecule has 0 aliphatic heterocycles. The van der Waals surface area contributed by atoms with Crippen LogP contribution in [-0.2, 0) is 17.8 Å². The second-order valence-electron chi connectivity index (χ2n) is 5.85. The quantitative estimate of drug-likeness (QED) is 0.678. The van der Waals surface area contributed by atoms with Gasteiger partial charge in [0.05, 0.1) is 18.4 Å². The minimum absolute atomic E-state index is 0.0578. The van der Waals surface area contributed by atoms with Gasteiger partial charge in [0.15, 0.2) is 0 Å². The maximum Gasteiger partial charge on any atom is 0.225 e. The monoisotopic (exact) mass is 402 g/mol. The van der Waals surface area contributed by atoms with E-state index >= 15 is 0 Å². The van der Waals surface area contributed by atoms with E-state index in [9.17, 15) is 4.79 Å². The Hall–Kier alpha value is -2.41. The molecule has 0 aliphatic carbocycles. The largest absolute Gasteiger partial charge is 0.361 e. The number of carbonyl (C=O) groups excluding carboxylic acids is 1. The fourth-order valence-electron chi connectivity index (χ4n) is 2.63. The van der Waals surface area contributed by atoms with Crippen molar-refractivity contribution < 1.29 is 9.32 Å². The number of hydrogen-bond donors (Lipinski definition) is 1. The lowest BCUT2D eigenvalue weighted by molar-refractivity contribution is -0.116. The molecule has 25 heavy (non-hydrogen) atoms. The zero-order chi connectivity index (χ0) is 17.8. The average molecular weight is 403 g/mol. The predicted molar refractivity (Wildman–Crippen MR) is 98.4 cm³/mol. The van der Waals surface area contributed by atoms with Crippen LogP contribution in [0.5, 0.6) is 0 Å². The van der Waals surface area contributed by atoms with Crippen molar-refractivity contribution in [3.63, 3.8) is 0 Å². The molecular weight excluding hydrogens is 384 g/mol. The van der Waals surface area contributed by atoms with Gasteiger partial charge in [-0.15, -0.1) is 0 Å². The maximum atomic E-state index is 12.3. The maximum absolute atomic E-state index is 12.3. The lowest BCUT2D eigenvalue weighted by Gasteiger charge is -2.09. The van der Waals surface area contributed by atoms with Crippen LogP contribution in [0.4, 0.5) is 5.82 Å².